The van der Waals surface area contributed by atoms with Crippen molar-refractivity contribution in [2.75, 3.05) is 13.2 Å². The van der Waals surface area contributed by atoms with Crippen molar-refractivity contribution < 1.29 is 4.74 Å². The molecule has 0 bridgehead atoms. The van der Waals surface area contributed by atoms with Gasteiger partial charge in [0.1, 0.15) is 12.4 Å². The van der Waals surface area contributed by atoms with Gasteiger partial charge in [0.15, 0.2) is 0 Å². The largest absolute Gasteiger partial charge is 0.481 e. The Morgan fingerprint density at radius 2 is 2.35 bits per heavy atom. The average molecular weight is 334 g/mol. The van der Waals surface area contributed by atoms with Crippen LogP contribution in [0.5, 0.6) is 5.75 Å². The lowest BCUT2D eigenvalue weighted by atomic mass is 10.2. The maximum absolute atomic E-state index is 5.53. The van der Waals surface area contributed by atoms with E-state index in [4.69, 9.17) is 11.2 Å². The molecule has 104 valence electrons. The number of nitrogens with one attached hydrogen (secondary N) is 1. The lowest BCUT2D eigenvalue weighted by Crippen LogP contribution is -2.20. The summed E-state index contributed by atoms with van der Waals surface area (Å²) in [4.78, 5) is 0. The van der Waals surface area contributed by atoms with Gasteiger partial charge >= 0.3 is 0 Å². The van der Waals surface area contributed by atoms with Crippen molar-refractivity contribution in [3.8, 4) is 18.1 Å². The summed E-state index contributed by atoms with van der Waals surface area (Å²) in [5.74, 6) is 3.30. The first kappa shape index (κ1) is 14.6. The molecule has 20 heavy (non-hydrogen) atoms. The third kappa shape index (κ3) is 4.41. The molecule has 0 amide bonds. The van der Waals surface area contributed by atoms with Crippen LogP contribution in [0.25, 0.3) is 0 Å². The van der Waals surface area contributed by atoms with Gasteiger partial charge in [-0.2, -0.15) is 5.10 Å². The summed E-state index contributed by atoms with van der Waals surface area (Å²) >= 11 is 3.47. The molecule has 4 nitrogen and oxygen atoms in total. The van der Waals surface area contributed by atoms with E-state index in [2.05, 4.69) is 32.3 Å². The molecule has 0 saturated heterocycles. The second kappa shape index (κ2) is 7.73. The maximum atomic E-state index is 5.53. The number of ether oxygens (including phenoxy) is 1. The van der Waals surface area contributed by atoms with Crippen molar-refractivity contribution in [2.45, 2.75) is 13.1 Å². The highest BCUT2D eigenvalue weighted by Crippen LogP contribution is 2.23. The Labute approximate surface area is 127 Å². The van der Waals surface area contributed by atoms with Crippen molar-refractivity contribution >= 4 is 15.9 Å². The molecule has 1 aromatic heterocycles. The number of hydrogen-bond acceptors (Lipinski definition) is 3. The molecule has 0 fully saturated rings. The van der Waals surface area contributed by atoms with Gasteiger partial charge in [-0.3, -0.25) is 4.68 Å². The van der Waals surface area contributed by atoms with Gasteiger partial charge in [0, 0.05) is 35.5 Å². The van der Waals surface area contributed by atoms with Gasteiger partial charge in [-0.25, -0.2) is 0 Å². The highest BCUT2D eigenvalue weighted by molar-refractivity contribution is 9.10. The standard InChI is InChI=1S/C15H16BrN3O/c1-2-10-20-15-5-4-14(16)11-13(15)12-17-7-9-19-8-3-6-18-19/h1,3-6,8,11,17H,7,9-10,12H2. The van der Waals surface area contributed by atoms with E-state index in [1.807, 2.05) is 35.1 Å². The van der Waals surface area contributed by atoms with Crippen LogP contribution in [-0.2, 0) is 13.1 Å². The van der Waals surface area contributed by atoms with Crippen LogP contribution in [0.1, 0.15) is 5.56 Å². The zero-order valence-electron chi connectivity index (χ0n) is 11.1. The second-order valence-corrected chi connectivity index (χ2v) is 5.11. The number of hydrogen-bond donors (Lipinski definition) is 1. The third-order valence-corrected chi connectivity index (χ3v) is 3.22. The summed E-state index contributed by atoms with van der Waals surface area (Å²) in [7, 11) is 0. The smallest absolute Gasteiger partial charge is 0.148 e. The van der Waals surface area contributed by atoms with Gasteiger partial charge in [0.2, 0.25) is 0 Å². The Morgan fingerprint density at radius 1 is 1.45 bits per heavy atom. The van der Waals surface area contributed by atoms with Crippen LogP contribution in [0.15, 0.2) is 41.1 Å². The van der Waals surface area contributed by atoms with E-state index in [1.54, 1.807) is 6.20 Å². The molecule has 5 heteroatoms. The molecule has 1 heterocycles. The second-order valence-electron chi connectivity index (χ2n) is 4.19. The molecule has 2 rings (SSSR count). The predicted octanol–water partition coefficient (Wildman–Crippen LogP) is 2.45. The summed E-state index contributed by atoms with van der Waals surface area (Å²) in [5, 5.41) is 7.53. The van der Waals surface area contributed by atoms with Gasteiger partial charge in [0.25, 0.3) is 0 Å². The quantitative estimate of drug-likeness (QED) is 0.624. The first-order valence-corrected chi connectivity index (χ1v) is 7.11. The molecule has 0 radical (unpaired) electrons. The molecule has 1 N–H and O–H groups in total. The van der Waals surface area contributed by atoms with E-state index in [9.17, 15) is 0 Å². The topological polar surface area (TPSA) is 39.1 Å². The molecule has 0 aliphatic carbocycles. The Bertz CT molecular complexity index is 575. The maximum Gasteiger partial charge on any atom is 0.148 e. The van der Waals surface area contributed by atoms with Crippen molar-refractivity contribution in [1.82, 2.24) is 15.1 Å². The minimum Gasteiger partial charge on any atom is -0.481 e. The van der Waals surface area contributed by atoms with Crippen LogP contribution >= 0.6 is 15.9 Å². The fraction of sp³-hybridized carbons (Fsp3) is 0.267. The van der Waals surface area contributed by atoms with Crippen LogP contribution in [0, 0.1) is 12.3 Å². The minimum absolute atomic E-state index is 0.280. The monoisotopic (exact) mass is 333 g/mol. The first-order chi connectivity index (χ1) is 9.79. The fourth-order valence-electron chi connectivity index (χ4n) is 1.80. The highest BCUT2D eigenvalue weighted by atomic mass is 79.9. The summed E-state index contributed by atoms with van der Waals surface area (Å²) in [6.07, 6.45) is 8.95. The lowest BCUT2D eigenvalue weighted by Gasteiger charge is -2.11. The number of halogens is 1. The van der Waals surface area contributed by atoms with E-state index >= 15 is 0 Å². The molecule has 1 aromatic carbocycles. The van der Waals surface area contributed by atoms with Crippen molar-refractivity contribution in [3.63, 3.8) is 0 Å². The van der Waals surface area contributed by atoms with Crippen LogP contribution < -0.4 is 10.1 Å². The summed E-state index contributed by atoms with van der Waals surface area (Å²) in [6.45, 7) is 2.67. The molecule has 0 atom stereocenters. The van der Waals surface area contributed by atoms with E-state index < -0.39 is 0 Å². The first-order valence-electron chi connectivity index (χ1n) is 6.32. The molecule has 0 saturated carbocycles. The fourth-order valence-corrected chi connectivity index (χ4v) is 2.20. The predicted molar refractivity (Wildman–Crippen MR) is 82.4 cm³/mol. The van der Waals surface area contributed by atoms with E-state index in [0.29, 0.717) is 0 Å². The van der Waals surface area contributed by atoms with Gasteiger partial charge in [-0.05, 0) is 24.3 Å². The van der Waals surface area contributed by atoms with Gasteiger partial charge in [-0.1, -0.05) is 21.9 Å². The summed E-state index contributed by atoms with van der Waals surface area (Å²) < 4.78 is 8.44. The zero-order chi connectivity index (χ0) is 14.2. The van der Waals surface area contributed by atoms with Crippen LogP contribution in [-0.4, -0.2) is 22.9 Å². The lowest BCUT2D eigenvalue weighted by molar-refractivity contribution is 0.364. The van der Waals surface area contributed by atoms with E-state index in [0.717, 1.165) is 35.4 Å². The number of nitrogens with zero attached hydrogens (tertiary/aromatic N) is 2. The van der Waals surface area contributed by atoms with Crippen molar-refractivity contribution in [2.24, 2.45) is 0 Å². The van der Waals surface area contributed by atoms with E-state index in [1.165, 1.54) is 0 Å². The van der Waals surface area contributed by atoms with Gasteiger partial charge in [0.05, 0.1) is 6.54 Å². The van der Waals surface area contributed by atoms with Gasteiger partial charge < -0.3 is 10.1 Å². The van der Waals surface area contributed by atoms with Crippen LogP contribution in [0.3, 0.4) is 0 Å². The molecule has 0 unspecified atom stereocenters. The number of benzene rings is 1. The molecular formula is C15H16BrN3O. The van der Waals surface area contributed by atoms with E-state index in [-0.39, 0.29) is 6.61 Å². The SMILES string of the molecule is C#CCOc1ccc(Br)cc1CNCCn1cccn1. The molecular weight excluding hydrogens is 318 g/mol. The Kier molecular flexibility index (Phi) is 5.66. The molecule has 0 aliphatic rings. The molecule has 0 aliphatic heterocycles. The summed E-state index contributed by atoms with van der Waals surface area (Å²) in [6, 6.07) is 7.82. The molecule has 2 aromatic rings. The average Bonchev–Trinajstić information content (AvgIpc) is 2.96. The minimum atomic E-state index is 0.280. The number of terminal acetylenes is 1. The zero-order valence-corrected chi connectivity index (χ0v) is 12.6. The van der Waals surface area contributed by atoms with Crippen LogP contribution in [0.4, 0.5) is 0 Å². The molecule has 0 spiro atoms. The normalized spacial score (nSPS) is 10.2. The summed E-state index contributed by atoms with van der Waals surface area (Å²) in [5.41, 5.74) is 1.08. The van der Waals surface area contributed by atoms with Gasteiger partial charge in [-0.15, -0.1) is 6.42 Å². The Hall–Kier alpha value is -1.77. The number of aromatic nitrogens is 2. The van der Waals surface area contributed by atoms with Crippen molar-refractivity contribution in [3.05, 3.63) is 46.7 Å². The Balaban J connectivity index is 1.87. The highest BCUT2D eigenvalue weighted by Gasteiger charge is 2.04. The van der Waals surface area contributed by atoms with Crippen LogP contribution in [0.2, 0.25) is 0 Å². The number of rotatable bonds is 7. The van der Waals surface area contributed by atoms with Crippen molar-refractivity contribution in [1.29, 1.82) is 0 Å². The Morgan fingerprint density at radius 3 is 3.10 bits per heavy atom. The third-order valence-electron chi connectivity index (χ3n) is 2.73.